The van der Waals surface area contributed by atoms with Crippen LogP contribution in [0.4, 0.5) is 13.2 Å². The van der Waals surface area contributed by atoms with Gasteiger partial charge in [0, 0.05) is 18.5 Å². The summed E-state index contributed by atoms with van der Waals surface area (Å²) >= 11 is 0. The third-order valence-corrected chi connectivity index (χ3v) is 5.32. The fraction of sp³-hybridized carbons (Fsp3) is 0.750. The SMILES string of the molecule is C=CC(=O)OC1CC2CC(CNS(=O)(=O)C(F)(F)F)C1C2. The lowest BCUT2D eigenvalue weighted by molar-refractivity contribution is -0.146. The summed E-state index contributed by atoms with van der Waals surface area (Å²) < 4.78 is 65.5. The second kappa shape index (κ2) is 5.60. The Kier molecular flexibility index (Phi) is 4.34. The van der Waals surface area contributed by atoms with E-state index in [4.69, 9.17) is 4.74 Å². The number of nitrogens with one attached hydrogen (secondary N) is 1. The third kappa shape index (κ3) is 3.39. The molecule has 120 valence electrons. The van der Waals surface area contributed by atoms with Crippen LogP contribution in [0, 0.1) is 17.8 Å². The quantitative estimate of drug-likeness (QED) is 0.614. The van der Waals surface area contributed by atoms with Crippen molar-refractivity contribution >= 4 is 16.0 Å². The van der Waals surface area contributed by atoms with Crippen molar-refractivity contribution < 1.29 is 31.1 Å². The van der Waals surface area contributed by atoms with Crippen molar-refractivity contribution in [2.24, 2.45) is 17.8 Å². The summed E-state index contributed by atoms with van der Waals surface area (Å²) in [5.74, 6) is -0.654. The topological polar surface area (TPSA) is 72.5 Å². The van der Waals surface area contributed by atoms with E-state index in [1.165, 1.54) is 0 Å². The molecule has 0 amide bonds. The molecule has 2 aliphatic rings. The molecule has 4 atom stereocenters. The van der Waals surface area contributed by atoms with E-state index in [-0.39, 0.29) is 30.4 Å². The van der Waals surface area contributed by atoms with E-state index in [1.54, 1.807) is 4.72 Å². The van der Waals surface area contributed by atoms with Crippen LogP contribution < -0.4 is 4.72 Å². The molecule has 0 spiro atoms. The molecule has 4 unspecified atom stereocenters. The molecule has 0 aromatic carbocycles. The average molecular weight is 327 g/mol. The zero-order valence-corrected chi connectivity index (χ0v) is 11.9. The first-order chi connectivity index (χ1) is 9.64. The molecule has 0 radical (unpaired) electrons. The molecule has 21 heavy (non-hydrogen) atoms. The Morgan fingerprint density at radius 3 is 2.52 bits per heavy atom. The van der Waals surface area contributed by atoms with Gasteiger partial charge >= 0.3 is 21.5 Å². The highest BCUT2D eigenvalue weighted by atomic mass is 32.2. The number of rotatable bonds is 5. The number of alkyl halides is 3. The minimum Gasteiger partial charge on any atom is -0.459 e. The summed E-state index contributed by atoms with van der Waals surface area (Å²) in [6, 6.07) is 0. The minimum absolute atomic E-state index is 0.102. The van der Waals surface area contributed by atoms with Gasteiger partial charge < -0.3 is 4.74 Å². The Bertz CT molecular complexity index is 531. The molecule has 2 bridgehead atoms. The van der Waals surface area contributed by atoms with Gasteiger partial charge in [0.1, 0.15) is 6.10 Å². The van der Waals surface area contributed by atoms with E-state index in [0.717, 1.165) is 12.5 Å². The molecule has 1 N–H and O–H groups in total. The molecule has 0 aromatic rings. The summed E-state index contributed by atoms with van der Waals surface area (Å²) in [5, 5.41) is 0. The van der Waals surface area contributed by atoms with Crippen LogP contribution in [-0.4, -0.2) is 32.5 Å². The van der Waals surface area contributed by atoms with Gasteiger partial charge in [-0.15, -0.1) is 0 Å². The van der Waals surface area contributed by atoms with E-state index in [1.807, 2.05) is 0 Å². The van der Waals surface area contributed by atoms with Gasteiger partial charge in [-0.05, 0) is 31.1 Å². The highest BCUT2D eigenvalue weighted by Gasteiger charge is 2.50. The molecule has 0 heterocycles. The average Bonchev–Trinajstić information content (AvgIpc) is 2.94. The summed E-state index contributed by atoms with van der Waals surface area (Å²) in [5.41, 5.74) is -5.31. The van der Waals surface area contributed by atoms with Gasteiger partial charge in [-0.1, -0.05) is 6.58 Å². The predicted octanol–water partition coefficient (Wildman–Crippen LogP) is 1.57. The normalized spacial score (nSPS) is 32.1. The number of ether oxygens (including phenoxy) is 1. The van der Waals surface area contributed by atoms with Crippen molar-refractivity contribution in [3.8, 4) is 0 Å². The number of carbonyl (C=O) groups is 1. The number of halogens is 3. The number of carbonyl (C=O) groups excluding carboxylic acids is 1. The highest BCUT2D eigenvalue weighted by Crippen LogP contribution is 2.49. The van der Waals surface area contributed by atoms with Crippen molar-refractivity contribution in [1.29, 1.82) is 0 Å². The molecule has 2 rings (SSSR count). The number of hydrogen-bond acceptors (Lipinski definition) is 4. The Balaban J connectivity index is 1.94. The van der Waals surface area contributed by atoms with Crippen LogP contribution in [0.2, 0.25) is 0 Å². The lowest BCUT2D eigenvalue weighted by Crippen LogP contribution is -2.41. The summed E-state index contributed by atoms with van der Waals surface area (Å²) in [6.45, 7) is 3.00. The first-order valence-corrected chi connectivity index (χ1v) is 8.01. The summed E-state index contributed by atoms with van der Waals surface area (Å²) in [6.07, 6.45) is 2.73. The van der Waals surface area contributed by atoms with Crippen molar-refractivity contribution in [3.63, 3.8) is 0 Å². The zero-order valence-electron chi connectivity index (χ0n) is 11.1. The molecular weight excluding hydrogens is 311 g/mol. The smallest absolute Gasteiger partial charge is 0.459 e. The summed E-state index contributed by atoms with van der Waals surface area (Å²) in [4.78, 5) is 11.2. The Labute approximate surface area is 120 Å². The van der Waals surface area contributed by atoms with E-state index in [2.05, 4.69) is 6.58 Å². The van der Waals surface area contributed by atoms with Crippen LogP contribution in [-0.2, 0) is 19.6 Å². The second-order valence-electron chi connectivity index (χ2n) is 5.47. The lowest BCUT2D eigenvalue weighted by Gasteiger charge is -2.29. The monoisotopic (exact) mass is 327 g/mol. The van der Waals surface area contributed by atoms with E-state index < -0.39 is 21.5 Å². The largest absolute Gasteiger partial charge is 0.511 e. The number of fused-ring (bicyclic) bond motifs is 2. The fourth-order valence-corrected chi connectivity index (χ4v) is 3.89. The molecule has 2 fully saturated rings. The number of hydrogen-bond donors (Lipinski definition) is 1. The lowest BCUT2D eigenvalue weighted by atomic mass is 9.87. The molecule has 0 aliphatic heterocycles. The first-order valence-electron chi connectivity index (χ1n) is 6.53. The van der Waals surface area contributed by atoms with Crippen LogP contribution in [0.1, 0.15) is 19.3 Å². The maximum Gasteiger partial charge on any atom is 0.511 e. The van der Waals surface area contributed by atoms with E-state index >= 15 is 0 Å². The number of sulfonamides is 1. The number of esters is 1. The summed E-state index contributed by atoms with van der Waals surface area (Å²) in [7, 11) is -5.32. The molecule has 0 saturated heterocycles. The van der Waals surface area contributed by atoms with E-state index in [9.17, 15) is 26.4 Å². The second-order valence-corrected chi connectivity index (χ2v) is 7.23. The van der Waals surface area contributed by atoms with Gasteiger partial charge in [0.25, 0.3) is 0 Å². The van der Waals surface area contributed by atoms with Crippen molar-refractivity contribution in [3.05, 3.63) is 12.7 Å². The van der Waals surface area contributed by atoms with Gasteiger partial charge in [0.05, 0.1) is 0 Å². The fourth-order valence-electron chi connectivity index (χ4n) is 3.29. The predicted molar refractivity (Wildman–Crippen MR) is 67.4 cm³/mol. The van der Waals surface area contributed by atoms with Gasteiger partial charge in [-0.3, -0.25) is 0 Å². The molecule has 0 aromatic heterocycles. The maximum absolute atomic E-state index is 12.3. The zero-order chi connectivity index (χ0) is 15.8. The van der Waals surface area contributed by atoms with Crippen LogP contribution >= 0.6 is 0 Å². The maximum atomic E-state index is 12.3. The van der Waals surface area contributed by atoms with Crippen LogP contribution in [0.15, 0.2) is 12.7 Å². The molecule has 9 heteroatoms. The van der Waals surface area contributed by atoms with E-state index in [0.29, 0.717) is 12.8 Å². The minimum atomic E-state index is -5.32. The molecular formula is C12H16F3NO4S. The van der Waals surface area contributed by atoms with Gasteiger partial charge in [-0.25, -0.2) is 17.9 Å². The van der Waals surface area contributed by atoms with Gasteiger partial charge in [-0.2, -0.15) is 13.2 Å². The van der Waals surface area contributed by atoms with Crippen LogP contribution in [0.5, 0.6) is 0 Å². The first kappa shape index (κ1) is 16.3. The Hall–Kier alpha value is -1.09. The van der Waals surface area contributed by atoms with Crippen molar-refractivity contribution in [2.75, 3.05) is 6.54 Å². The van der Waals surface area contributed by atoms with Gasteiger partial charge in [0.2, 0.25) is 0 Å². The molecule has 5 nitrogen and oxygen atoms in total. The highest BCUT2D eigenvalue weighted by molar-refractivity contribution is 7.90. The standard InChI is InChI=1S/C12H16F3NO4S/c1-2-11(17)20-10-5-7-3-8(9(10)4-7)6-16-21(18,19)12(13,14)15/h2,7-10,16H,1,3-6H2. The van der Waals surface area contributed by atoms with Crippen LogP contribution in [0.3, 0.4) is 0 Å². The molecule has 2 saturated carbocycles. The molecule has 2 aliphatic carbocycles. The van der Waals surface area contributed by atoms with Crippen molar-refractivity contribution in [2.45, 2.75) is 30.9 Å². The van der Waals surface area contributed by atoms with Crippen molar-refractivity contribution in [1.82, 2.24) is 4.72 Å². The Morgan fingerprint density at radius 1 is 1.33 bits per heavy atom. The van der Waals surface area contributed by atoms with Crippen LogP contribution in [0.25, 0.3) is 0 Å². The van der Waals surface area contributed by atoms with Gasteiger partial charge in [0.15, 0.2) is 0 Å². The Morgan fingerprint density at radius 2 is 2.00 bits per heavy atom. The third-order valence-electron chi connectivity index (χ3n) is 4.16.